The van der Waals surface area contributed by atoms with Crippen molar-refractivity contribution in [3.63, 3.8) is 0 Å². The lowest BCUT2D eigenvalue weighted by Crippen LogP contribution is -2.07. The molecule has 0 saturated carbocycles. The van der Waals surface area contributed by atoms with E-state index in [2.05, 4.69) is 15.0 Å². The molecule has 0 amide bonds. The molecule has 0 spiro atoms. The van der Waals surface area contributed by atoms with E-state index in [-0.39, 0.29) is 5.56 Å². The summed E-state index contributed by atoms with van der Waals surface area (Å²) in [5.74, 6) is 0.567. The smallest absolute Gasteiger partial charge is 0.269 e. The normalized spacial score (nSPS) is 12.4. The van der Waals surface area contributed by atoms with Gasteiger partial charge in [-0.15, -0.1) is 11.3 Å². The fraction of sp³-hybridized carbons (Fsp3) is 0.118. The number of allylic oxidation sites excluding steroid dienone is 4. The molecule has 5 heteroatoms. The average molecular weight is 309 g/mol. The highest BCUT2D eigenvalue weighted by Crippen LogP contribution is 2.29. The highest BCUT2D eigenvalue weighted by molar-refractivity contribution is 7.20. The van der Waals surface area contributed by atoms with E-state index in [0.717, 1.165) is 21.5 Å². The van der Waals surface area contributed by atoms with Crippen LogP contribution in [-0.2, 0) is 0 Å². The monoisotopic (exact) mass is 309 g/mol. The van der Waals surface area contributed by atoms with E-state index in [1.54, 1.807) is 12.4 Å². The van der Waals surface area contributed by atoms with Gasteiger partial charge in [0, 0.05) is 22.8 Å². The third-order valence-electron chi connectivity index (χ3n) is 3.28. The summed E-state index contributed by atoms with van der Waals surface area (Å²) in [4.78, 5) is 24.8. The molecule has 3 heterocycles. The second-order valence-electron chi connectivity index (χ2n) is 4.72. The molecule has 0 aromatic carbocycles. The molecule has 22 heavy (non-hydrogen) atoms. The summed E-state index contributed by atoms with van der Waals surface area (Å²) in [6.07, 6.45) is 9.41. The van der Waals surface area contributed by atoms with E-state index in [4.69, 9.17) is 0 Å². The van der Waals surface area contributed by atoms with Gasteiger partial charge in [0.1, 0.15) is 10.5 Å². The molecule has 0 radical (unpaired) electrons. The van der Waals surface area contributed by atoms with Crippen molar-refractivity contribution in [2.24, 2.45) is 0 Å². The lowest BCUT2D eigenvalue weighted by atomic mass is 10.2. The summed E-state index contributed by atoms with van der Waals surface area (Å²) in [6.45, 7) is 3.96. The Morgan fingerprint density at radius 3 is 2.73 bits per heavy atom. The highest BCUT2D eigenvalue weighted by atomic mass is 32.1. The Morgan fingerprint density at radius 2 is 2.05 bits per heavy atom. The van der Waals surface area contributed by atoms with Crippen molar-refractivity contribution in [3.8, 4) is 11.4 Å². The van der Waals surface area contributed by atoms with E-state index in [9.17, 15) is 4.79 Å². The minimum atomic E-state index is -0.107. The molecular formula is C17H15N3OS. The molecule has 0 atom stereocenters. The standard InChI is InChI=1S/C17H15N3OS/c1-3-5-11(4-2)14-10-13-15(22-14)17(21)20-16(19-13)12-6-8-18-9-7-12/h3-10H,1-2H3,(H,19,20,21). The van der Waals surface area contributed by atoms with Gasteiger partial charge in [0.05, 0.1) is 5.52 Å². The van der Waals surface area contributed by atoms with E-state index >= 15 is 0 Å². The highest BCUT2D eigenvalue weighted by Gasteiger charge is 2.11. The predicted molar refractivity (Wildman–Crippen MR) is 91.9 cm³/mol. The Bertz CT molecular complexity index is 920. The van der Waals surface area contributed by atoms with Crippen LogP contribution >= 0.6 is 11.3 Å². The van der Waals surface area contributed by atoms with Crippen molar-refractivity contribution < 1.29 is 0 Å². The Morgan fingerprint density at radius 1 is 1.27 bits per heavy atom. The maximum atomic E-state index is 12.3. The molecule has 0 fully saturated rings. The van der Waals surface area contributed by atoms with Gasteiger partial charge in [0.25, 0.3) is 5.56 Å². The number of fused-ring (bicyclic) bond motifs is 1. The summed E-state index contributed by atoms with van der Waals surface area (Å²) in [5, 5.41) is 0. The Labute approximate surface area is 131 Å². The number of pyridine rings is 1. The summed E-state index contributed by atoms with van der Waals surface area (Å²) in [6, 6.07) is 5.62. The SMILES string of the molecule is CC=CC(=CC)c1cc2nc(-c3ccncc3)[nH]c(=O)c2s1. The van der Waals surface area contributed by atoms with Gasteiger partial charge in [0.2, 0.25) is 0 Å². The van der Waals surface area contributed by atoms with Crippen LogP contribution in [0.1, 0.15) is 18.7 Å². The van der Waals surface area contributed by atoms with Crippen molar-refractivity contribution in [1.29, 1.82) is 0 Å². The number of rotatable bonds is 3. The van der Waals surface area contributed by atoms with Crippen LogP contribution in [0.2, 0.25) is 0 Å². The maximum absolute atomic E-state index is 12.3. The third-order valence-corrected chi connectivity index (χ3v) is 4.45. The predicted octanol–water partition coefficient (Wildman–Crippen LogP) is 4.03. The zero-order valence-corrected chi connectivity index (χ0v) is 13.1. The Kier molecular flexibility index (Phi) is 3.98. The van der Waals surface area contributed by atoms with Crippen LogP contribution in [0, 0.1) is 0 Å². The van der Waals surface area contributed by atoms with Gasteiger partial charge < -0.3 is 4.98 Å². The van der Waals surface area contributed by atoms with Crippen LogP contribution in [0.4, 0.5) is 0 Å². The quantitative estimate of drug-likeness (QED) is 0.743. The largest absolute Gasteiger partial charge is 0.305 e. The van der Waals surface area contributed by atoms with Crippen molar-refractivity contribution in [3.05, 3.63) is 64.1 Å². The molecule has 3 rings (SSSR count). The van der Waals surface area contributed by atoms with Gasteiger partial charge in [-0.2, -0.15) is 0 Å². The molecule has 0 aliphatic carbocycles. The van der Waals surface area contributed by atoms with Gasteiger partial charge in [-0.1, -0.05) is 18.2 Å². The van der Waals surface area contributed by atoms with E-state index in [0.29, 0.717) is 10.5 Å². The summed E-state index contributed by atoms with van der Waals surface area (Å²) in [7, 11) is 0. The van der Waals surface area contributed by atoms with Crippen LogP contribution in [0.3, 0.4) is 0 Å². The maximum Gasteiger partial charge on any atom is 0.269 e. The lowest BCUT2D eigenvalue weighted by Gasteiger charge is -1.99. The fourth-order valence-electron chi connectivity index (χ4n) is 2.23. The van der Waals surface area contributed by atoms with E-state index < -0.39 is 0 Å². The summed E-state index contributed by atoms with van der Waals surface area (Å²) < 4.78 is 0.650. The number of aromatic nitrogens is 3. The Balaban J connectivity index is 2.17. The van der Waals surface area contributed by atoms with E-state index in [1.165, 1.54) is 11.3 Å². The van der Waals surface area contributed by atoms with Crippen molar-refractivity contribution in [2.45, 2.75) is 13.8 Å². The Hall–Kier alpha value is -2.53. The molecular weight excluding hydrogens is 294 g/mol. The number of nitrogens with zero attached hydrogens (tertiary/aromatic N) is 2. The average Bonchev–Trinajstić information content (AvgIpc) is 2.98. The van der Waals surface area contributed by atoms with Crippen LogP contribution in [-0.4, -0.2) is 15.0 Å². The lowest BCUT2D eigenvalue weighted by molar-refractivity contribution is 1.18. The summed E-state index contributed by atoms with van der Waals surface area (Å²) in [5.41, 5.74) is 2.56. The first-order valence-corrected chi connectivity index (χ1v) is 7.78. The van der Waals surface area contributed by atoms with Crippen molar-refractivity contribution in [1.82, 2.24) is 15.0 Å². The molecule has 3 aromatic heterocycles. The molecule has 4 nitrogen and oxygen atoms in total. The van der Waals surface area contributed by atoms with Crippen molar-refractivity contribution in [2.75, 3.05) is 0 Å². The van der Waals surface area contributed by atoms with Gasteiger partial charge in [-0.3, -0.25) is 9.78 Å². The first-order chi connectivity index (χ1) is 10.7. The molecule has 0 aliphatic rings. The molecule has 0 aliphatic heterocycles. The topological polar surface area (TPSA) is 58.6 Å². The fourth-order valence-corrected chi connectivity index (χ4v) is 3.28. The minimum Gasteiger partial charge on any atom is -0.305 e. The first-order valence-electron chi connectivity index (χ1n) is 6.96. The van der Waals surface area contributed by atoms with Crippen LogP contribution in [0.25, 0.3) is 27.2 Å². The van der Waals surface area contributed by atoms with Gasteiger partial charge in [0.15, 0.2) is 0 Å². The van der Waals surface area contributed by atoms with Crippen LogP contribution < -0.4 is 5.56 Å². The number of hydrogen-bond donors (Lipinski definition) is 1. The molecule has 0 bridgehead atoms. The van der Waals surface area contributed by atoms with Crippen LogP contribution in [0.15, 0.2) is 53.6 Å². The second kappa shape index (κ2) is 6.07. The van der Waals surface area contributed by atoms with Gasteiger partial charge in [-0.05, 0) is 37.6 Å². The first kappa shape index (κ1) is 14.4. The number of aromatic amines is 1. The van der Waals surface area contributed by atoms with Crippen LogP contribution in [0.5, 0.6) is 0 Å². The molecule has 1 N–H and O–H groups in total. The number of hydrogen-bond acceptors (Lipinski definition) is 4. The number of thiophene rings is 1. The van der Waals surface area contributed by atoms with E-state index in [1.807, 2.05) is 50.3 Å². The summed E-state index contributed by atoms with van der Waals surface area (Å²) >= 11 is 1.46. The molecule has 3 aromatic rings. The molecule has 110 valence electrons. The van der Waals surface area contributed by atoms with Gasteiger partial charge in [-0.25, -0.2) is 4.98 Å². The molecule has 0 unspecified atom stereocenters. The second-order valence-corrected chi connectivity index (χ2v) is 5.77. The number of H-pyrrole nitrogens is 1. The van der Waals surface area contributed by atoms with Gasteiger partial charge >= 0.3 is 0 Å². The minimum absolute atomic E-state index is 0.107. The third kappa shape index (κ3) is 2.63. The number of nitrogens with one attached hydrogen (secondary N) is 1. The van der Waals surface area contributed by atoms with Crippen molar-refractivity contribution >= 4 is 27.1 Å². The zero-order valence-electron chi connectivity index (χ0n) is 12.3. The molecule has 0 saturated heterocycles. The zero-order chi connectivity index (χ0) is 15.5.